The molecule has 0 bridgehead atoms. The van der Waals surface area contributed by atoms with E-state index in [4.69, 9.17) is 17.3 Å². The molecule has 4 heteroatoms. The van der Waals surface area contributed by atoms with Crippen LogP contribution in [-0.2, 0) is 7.05 Å². The highest BCUT2D eigenvalue weighted by atomic mass is 35.5. The van der Waals surface area contributed by atoms with Crippen LogP contribution in [0.4, 0.5) is 0 Å². The van der Waals surface area contributed by atoms with Crippen molar-refractivity contribution < 1.29 is 4.79 Å². The van der Waals surface area contributed by atoms with Gasteiger partial charge in [0.15, 0.2) is 0 Å². The number of aryl methyl sites for hydroxylation is 2. The van der Waals surface area contributed by atoms with Crippen LogP contribution in [0.25, 0.3) is 10.9 Å². The van der Waals surface area contributed by atoms with E-state index in [0.717, 1.165) is 16.5 Å². The highest BCUT2D eigenvalue weighted by Crippen LogP contribution is 2.28. The third-order valence-electron chi connectivity index (χ3n) is 2.61. The van der Waals surface area contributed by atoms with Gasteiger partial charge in [0.1, 0.15) is 5.69 Å². The Morgan fingerprint density at radius 1 is 1.47 bits per heavy atom. The zero-order chi connectivity index (χ0) is 11.2. The highest BCUT2D eigenvalue weighted by Gasteiger charge is 2.12. The molecule has 0 saturated heterocycles. The molecule has 0 aliphatic carbocycles. The van der Waals surface area contributed by atoms with Gasteiger partial charge in [-0.05, 0) is 24.6 Å². The monoisotopic (exact) mass is 222 g/mol. The minimum atomic E-state index is -0.442. The fourth-order valence-corrected chi connectivity index (χ4v) is 1.94. The molecule has 1 aromatic carbocycles. The number of rotatable bonds is 1. The number of nitrogens with zero attached hydrogens (tertiary/aromatic N) is 1. The zero-order valence-electron chi connectivity index (χ0n) is 8.54. The number of primary amides is 1. The van der Waals surface area contributed by atoms with Gasteiger partial charge < -0.3 is 10.3 Å². The lowest BCUT2D eigenvalue weighted by Crippen LogP contribution is -2.14. The third kappa shape index (κ3) is 1.39. The molecule has 78 valence electrons. The second-order valence-corrected chi connectivity index (χ2v) is 3.96. The van der Waals surface area contributed by atoms with Crippen molar-refractivity contribution in [2.24, 2.45) is 12.8 Å². The van der Waals surface area contributed by atoms with Crippen LogP contribution in [0.1, 0.15) is 16.1 Å². The van der Waals surface area contributed by atoms with Gasteiger partial charge in [0.05, 0.1) is 5.02 Å². The molecule has 1 heterocycles. The molecule has 0 spiro atoms. The summed E-state index contributed by atoms with van der Waals surface area (Å²) in [5.41, 5.74) is 7.64. The summed E-state index contributed by atoms with van der Waals surface area (Å²) < 4.78 is 1.75. The van der Waals surface area contributed by atoms with Crippen LogP contribution in [0.15, 0.2) is 18.2 Å². The van der Waals surface area contributed by atoms with E-state index < -0.39 is 5.91 Å². The topological polar surface area (TPSA) is 48.0 Å². The first-order chi connectivity index (χ1) is 7.02. The number of amides is 1. The second-order valence-electron chi connectivity index (χ2n) is 3.58. The Labute approximate surface area is 92.4 Å². The molecule has 2 aromatic rings. The maximum atomic E-state index is 11.1. The Balaban J connectivity index is 2.88. The summed E-state index contributed by atoms with van der Waals surface area (Å²) in [6.07, 6.45) is 0. The van der Waals surface area contributed by atoms with E-state index in [-0.39, 0.29) is 0 Å². The molecule has 3 nitrogen and oxygen atoms in total. The first kappa shape index (κ1) is 10.1. The van der Waals surface area contributed by atoms with Gasteiger partial charge in [0.2, 0.25) is 0 Å². The molecule has 0 aliphatic heterocycles. The Kier molecular flexibility index (Phi) is 2.20. The number of benzene rings is 1. The van der Waals surface area contributed by atoms with Crippen molar-refractivity contribution >= 4 is 28.4 Å². The van der Waals surface area contributed by atoms with Crippen molar-refractivity contribution in [3.05, 3.63) is 34.5 Å². The summed E-state index contributed by atoms with van der Waals surface area (Å²) in [6.45, 7) is 1.93. The number of hydrogen-bond donors (Lipinski definition) is 1. The number of carbonyl (C=O) groups is 1. The Morgan fingerprint density at radius 2 is 2.13 bits per heavy atom. The molecule has 0 aliphatic rings. The van der Waals surface area contributed by atoms with Gasteiger partial charge in [-0.2, -0.15) is 0 Å². The van der Waals surface area contributed by atoms with Crippen LogP contribution < -0.4 is 5.73 Å². The van der Waals surface area contributed by atoms with Gasteiger partial charge in [0.25, 0.3) is 5.91 Å². The summed E-state index contributed by atoms with van der Waals surface area (Å²) in [6, 6.07) is 5.59. The lowest BCUT2D eigenvalue weighted by molar-refractivity contribution is 0.0993. The van der Waals surface area contributed by atoms with Gasteiger partial charge in [-0.25, -0.2) is 0 Å². The van der Waals surface area contributed by atoms with Gasteiger partial charge in [-0.1, -0.05) is 17.7 Å². The van der Waals surface area contributed by atoms with Crippen molar-refractivity contribution in [3.8, 4) is 0 Å². The normalized spacial score (nSPS) is 10.9. The van der Waals surface area contributed by atoms with Crippen LogP contribution in [0.5, 0.6) is 0 Å². The average Bonchev–Trinajstić information content (AvgIpc) is 2.51. The fraction of sp³-hybridized carbons (Fsp3) is 0.182. The van der Waals surface area contributed by atoms with Gasteiger partial charge in [0, 0.05) is 18.0 Å². The van der Waals surface area contributed by atoms with Crippen molar-refractivity contribution in [3.63, 3.8) is 0 Å². The second kappa shape index (κ2) is 3.28. The van der Waals surface area contributed by atoms with Crippen molar-refractivity contribution in [1.82, 2.24) is 4.57 Å². The van der Waals surface area contributed by atoms with Crippen LogP contribution in [-0.4, -0.2) is 10.5 Å². The molecule has 1 aromatic heterocycles. The number of hydrogen-bond acceptors (Lipinski definition) is 1. The number of carbonyl (C=O) groups excluding carboxylic acids is 1. The first-order valence-electron chi connectivity index (χ1n) is 4.56. The molecule has 0 unspecified atom stereocenters. The van der Waals surface area contributed by atoms with Crippen molar-refractivity contribution in [2.75, 3.05) is 0 Å². The molecule has 15 heavy (non-hydrogen) atoms. The lowest BCUT2D eigenvalue weighted by Gasteiger charge is -2.01. The molecule has 2 N–H and O–H groups in total. The fourth-order valence-electron chi connectivity index (χ4n) is 1.72. The molecule has 0 radical (unpaired) electrons. The molecule has 0 saturated carbocycles. The van der Waals surface area contributed by atoms with Gasteiger partial charge in [-0.3, -0.25) is 4.79 Å². The molecular weight excluding hydrogens is 212 g/mol. The van der Waals surface area contributed by atoms with E-state index in [1.807, 2.05) is 19.1 Å². The lowest BCUT2D eigenvalue weighted by atomic mass is 10.2. The summed E-state index contributed by atoms with van der Waals surface area (Å²) >= 11 is 6.15. The van der Waals surface area contributed by atoms with Crippen molar-refractivity contribution in [1.29, 1.82) is 0 Å². The first-order valence-corrected chi connectivity index (χ1v) is 4.94. The minimum Gasteiger partial charge on any atom is -0.364 e. The Hall–Kier alpha value is -1.48. The van der Waals surface area contributed by atoms with Gasteiger partial charge >= 0.3 is 0 Å². The van der Waals surface area contributed by atoms with E-state index in [1.165, 1.54) is 0 Å². The van der Waals surface area contributed by atoms with Crippen LogP contribution in [0.3, 0.4) is 0 Å². The summed E-state index contributed by atoms with van der Waals surface area (Å²) in [5, 5.41) is 1.54. The SMILES string of the molecule is Cc1ccc2c(cc(C(N)=O)n2C)c1Cl. The summed E-state index contributed by atoms with van der Waals surface area (Å²) in [7, 11) is 1.80. The maximum absolute atomic E-state index is 11.1. The smallest absolute Gasteiger partial charge is 0.265 e. The van der Waals surface area contributed by atoms with Crippen LogP contribution in [0, 0.1) is 6.92 Å². The Bertz CT molecular complexity index is 557. The third-order valence-corrected chi connectivity index (χ3v) is 3.11. The highest BCUT2D eigenvalue weighted by molar-refractivity contribution is 6.36. The maximum Gasteiger partial charge on any atom is 0.265 e. The van der Waals surface area contributed by atoms with Crippen molar-refractivity contribution in [2.45, 2.75) is 6.92 Å². The quantitative estimate of drug-likeness (QED) is 0.791. The Morgan fingerprint density at radius 3 is 2.73 bits per heavy atom. The predicted octanol–water partition coefficient (Wildman–Crippen LogP) is 2.24. The van der Waals surface area contributed by atoms with E-state index in [1.54, 1.807) is 17.7 Å². The van der Waals surface area contributed by atoms with E-state index >= 15 is 0 Å². The summed E-state index contributed by atoms with van der Waals surface area (Å²) in [4.78, 5) is 11.1. The molecule has 1 amide bonds. The van der Waals surface area contributed by atoms with Crippen LogP contribution >= 0.6 is 11.6 Å². The largest absolute Gasteiger partial charge is 0.364 e. The average molecular weight is 223 g/mol. The predicted molar refractivity (Wildman–Crippen MR) is 61.2 cm³/mol. The van der Waals surface area contributed by atoms with E-state index in [2.05, 4.69) is 0 Å². The van der Waals surface area contributed by atoms with Crippen LogP contribution in [0.2, 0.25) is 5.02 Å². The minimum absolute atomic E-state index is 0.442. The standard InChI is InChI=1S/C11H11ClN2O/c1-6-3-4-8-7(10(6)12)5-9(11(13)15)14(8)2/h3-5H,1-2H3,(H2,13,15). The number of aromatic nitrogens is 1. The number of nitrogens with two attached hydrogens (primary N) is 1. The molecule has 0 fully saturated rings. The summed E-state index contributed by atoms with van der Waals surface area (Å²) in [5.74, 6) is -0.442. The number of halogens is 1. The zero-order valence-corrected chi connectivity index (χ0v) is 9.30. The number of fused-ring (bicyclic) bond motifs is 1. The molecule has 2 rings (SSSR count). The van der Waals surface area contributed by atoms with E-state index in [9.17, 15) is 4.79 Å². The molecule has 0 atom stereocenters. The molecular formula is C11H11ClN2O. The van der Waals surface area contributed by atoms with E-state index in [0.29, 0.717) is 10.7 Å². The van der Waals surface area contributed by atoms with Gasteiger partial charge in [-0.15, -0.1) is 0 Å².